The van der Waals surface area contributed by atoms with Crippen LogP contribution in [0, 0.1) is 0 Å². The zero-order valence-electron chi connectivity index (χ0n) is 6.03. The lowest BCUT2D eigenvalue weighted by Gasteiger charge is -2.02. The molecule has 2 N–H and O–H groups in total. The number of nitrogens with two attached hydrogens (primary N) is 1. The molecule has 0 aromatic carbocycles. The Hall–Kier alpha value is -0.740. The second kappa shape index (κ2) is 4.20. The highest BCUT2D eigenvalue weighted by molar-refractivity contribution is 7.80. The minimum atomic E-state index is 0.397. The molecular weight excluding hydrogens is 160 g/mol. The van der Waals surface area contributed by atoms with E-state index < -0.39 is 0 Å². The van der Waals surface area contributed by atoms with Gasteiger partial charge in [0.15, 0.2) is 0 Å². The zero-order chi connectivity index (χ0) is 8.10. The van der Waals surface area contributed by atoms with Crippen LogP contribution >= 0.6 is 12.6 Å². The van der Waals surface area contributed by atoms with E-state index in [9.17, 15) is 0 Å². The maximum atomic E-state index is 5.55. The Morgan fingerprint density at radius 3 is 3.09 bits per heavy atom. The normalized spacial score (nSPS) is 9.91. The van der Waals surface area contributed by atoms with Crippen LogP contribution < -0.4 is 5.73 Å². The highest BCUT2D eigenvalue weighted by atomic mass is 32.1. The monoisotopic (exact) mass is 170 g/mol. The summed E-state index contributed by atoms with van der Waals surface area (Å²) in [5, 5.41) is 0. The number of anilines is 1. The fraction of sp³-hybridized carbons (Fsp3) is 0.286. The van der Waals surface area contributed by atoms with Gasteiger partial charge in [-0.05, 0) is 6.07 Å². The van der Waals surface area contributed by atoms with E-state index in [1.165, 1.54) is 0 Å². The molecule has 0 saturated carbocycles. The molecule has 0 amide bonds. The third-order valence-electron chi connectivity index (χ3n) is 1.27. The molecule has 0 atom stereocenters. The predicted molar refractivity (Wildman–Crippen MR) is 47.3 cm³/mol. The van der Waals surface area contributed by atoms with E-state index in [-0.39, 0.29) is 0 Å². The van der Waals surface area contributed by atoms with Crippen molar-refractivity contribution in [2.45, 2.75) is 6.61 Å². The lowest BCUT2D eigenvalue weighted by atomic mass is 10.3. The van der Waals surface area contributed by atoms with Crippen LogP contribution in [0.15, 0.2) is 18.3 Å². The van der Waals surface area contributed by atoms with Crippen molar-refractivity contribution in [3.63, 3.8) is 0 Å². The Morgan fingerprint density at radius 1 is 1.64 bits per heavy atom. The number of nitrogens with zero attached hydrogens (tertiary/aromatic N) is 1. The summed E-state index contributed by atoms with van der Waals surface area (Å²) >= 11 is 3.90. The largest absolute Gasteiger partial charge is 0.383 e. The van der Waals surface area contributed by atoms with Crippen molar-refractivity contribution in [3.05, 3.63) is 23.9 Å². The minimum absolute atomic E-state index is 0.397. The molecule has 0 bridgehead atoms. The van der Waals surface area contributed by atoms with Gasteiger partial charge in [-0.1, -0.05) is 6.07 Å². The van der Waals surface area contributed by atoms with Gasteiger partial charge in [-0.25, -0.2) is 4.98 Å². The smallest absolute Gasteiger partial charge is 0.128 e. The molecule has 0 aliphatic carbocycles. The van der Waals surface area contributed by atoms with E-state index in [1.807, 2.05) is 12.1 Å². The first-order valence-electron chi connectivity index (χ1n) is 3.22. The van der Waals surface area contributed by atoms with Gasteiger partial charge in [0.2, 0.25) is 0 Å². The van der Waals surface area contributed by atoms with Crippen LogP contribution in [-0.4, -0.2) is 10.9 Å². The van der Waals surface area contributed by atoms with E-state index in [0.717, 1.165) is 5.56 Å². The number of hydrogen-bond acceptors (Lipinski definition) is 4. The number of thiol groups is 1. The topological polar surface area (TPSA) is 48.1 Å². The first-order chi connectivity index (χ1) is 5.34. The third-order valence-corrected chi connectivity index (χ3v) is 1.46. The van der Waals surface area contributed by atoms with Crippen molar-refractivity contribution < 1.29 is 4.74 Å². The van der Waals surface area contributed by atoms with Gasteiger partial charge in [-0.2, -0.15) is 12.6 Å². The van der Waals surface area contributed by atoms with Crippen LogP contribution in [0.5, 0.6) is 0 Å². The van der Waals surface area contributed by atoms with Crippen LogP contribution in [0.25, 0.3) is 0 Å². The molecule has 60 valence electrons. The molecule has 0 aliphatic heterocycles. The van der Waals surface area contributed by atoms with E-state index in [0.29, 0.717) is 18.4 Å². The number of rotatable bonds is 3. The van der Waals surface area contributed by atoms with Gasteiger partial charge in [-0.15, -0.1) is 0 Å². The molecule has 1 aromatic heterocycles. The van der Waals surface area contributed by atoms with Gasteiger partial charge in [0, 0.05) is 11.8 Å². The lowest BCUT2D eigenvalue weighted by Crippen LogP contribution is -1.98. The van der Waals surface area contributed by atoms with Crippen molar-refractivity contribution in [2.75, 3.05) is 11.7 Å². The molecule has 0 saturated heterocycles. The van der Waals surface area contributed by atoms with Crippen molar-refractivity contribution in [2.24, 2.45) is 0 Å². The first kappa shape index (κ1) is 8.36. The maximum Gasteiger partial charge on any atom is 0.128 e. The first-order valence-corrected chi connectivity index (χ1v) is 3.86. The average Bonchev–Trinajstić information content (AvgIpc) is 2.03. The van der Waals surface area contributed by atoms with Crippen molar-refractivity contribution >= 4 is 18.4 Å². The number of aromatic nitrogens is 1. The number of pyridine rings is 1. The Morgan fingerprint density at radius 2 is 2.45 bits per heavy atom. The second-order valence-corrected chi connectivity index (χ2v) is 2.28. The van der Waals surface area contributed by atoms with E-state index in [1.54, 1.807) is 6.20 Å². The zero-order valence-corrected chi connectivity index (χ0v) is 6.92. The van der Waals surface area contributed by atoms with Crippen molar-refractivity contribution in [1.82, 2.24) is 4.98 Å². The van der Waals surface area contributed by atoms with E-state index in [2.05, 4.69) is 17.6 Å². The maximum absolute atomic E-state index is 5.55. The third kappa shape index (κ3) is 2.40. The summed E-state index contributed by atoms with van der Waals surface area (Å²) in [6, 6.07) is 3.71. The van der Waals surface area contributed by atoms with Gasteiger partial charge in [0.25, 0.3) is 0 Å². The molecule has 0 unspecified atom stereocenters. The standard InChI is InChI=1S/C7H10N2OS/c8-7-6(4-10-5-11)2-1-3-9-7/h1-3,11H,4-5H2,(H2,8,9). The molecule has 3 nitrogen and oxygen atoms in total. The van der Waals surface area contributed by atoms with Crippen LogP contribution in [0.4, 0.5) is 5.82 Å². The molecule has 0 radical (unpaired) electrons. The van der Waals surface area contributed by atoms with Crippen LogP contribution in [0.3, 0.4) is 0 Å². The Balaban J connectivity index is 2.62. The summed E-state index contributed by atoms with van der Waals surface area (Å²) in [4.78, 5) is 3.90. The van der Waals surface area contributed by atoms with Gasteiger partial charge < -0.3 is 10.5 Å². The van der Waals surface area contributed by atoms with E-state index >= 15 is 0 Å². The molecule has 0 spiro atoms. The molecular formula is C7H10N2OS. The molecule has 1 rings (SSSR count). The number of hydrogen-bond donors (Lipinski definition) is 2. The minimum Gasteiger partial charge on any atom is -0.383 e. The molecule has 0 fully saturated rings. The van der Waals surface area contributed by atoms with Gasteiger partial charge in [0.1, 0.15) is 5.82 Å². The molecule has 1 aromatic rings. The Bertz CT molecular complexity index is 229. The van der Waals surface area contributed by atoms with Gasteiger partial charge in [0.05, 0.1) is 12.5 Å². The SMILES string of the molecule is Nc1ncccc1COCS. The Labute approximate surface area is 71.0 Å². The summed E-state index contributed by atoms with van der Waals surface area (Å²) in [6.45, 7) is 0.475. The van der Waals surface area contributed by atoms with Gasteiger partial charge >= 0.3 is 0 Å². The summed E-state index contributed by atoms with van der Waals surface area (Å²) in [5.74, 6) is 0.920. The summed E-state index contributed by atoms with van der Waals surface area (Å²) in [5.41, 5.74) is 6.45. The predicted octanol–water partition coefficient (Wildman–Crippen LogP) is 1.07. The highest BCUT2D eigenvalue weighted by Gasteiger charge is 1.96. The molecule has 1 heterocycles. The Kier molecular flexibility index (Phi) is 3.19. The molecule has 11 heavy (non-hydrogen) atoms. The second-order valence-electron chi connectivity index (χ2n) is 2.03. The average molecular weight is 170 g/mol. The quantitative estimate of drug-likeness (QED) is 0.527. The van der Waals surface area contributed by atoms with Crippen LogP contribution in [-0.2, 0) is 11.3 Å². The van der Waals surface area contributed by atoms with Crippen molar-refractivity contribution in [1.29, 1.82) is 0 Å². The summed E-state index contributed by atoms with van der Waals surface area (Å²) in [6.07, 6.45) is 1.65. The fourth-order valence-corrected chi connectivity index (χ4v) is 0.820. The molecule has 4 heteroatoms. The van der Waals surface area contributed by atoms with E-state index in [4.69, 9.17) is 10.5 Å². The van der Waals surface area contributed by atoms with Crippen molar-refractivity contribution in [3.8, 4) is 0 Å². The summed E-state index contributed by atoms with van der Waals surface area (Å²) < 4.78 is 5.04. The van der Waals surface area contributed by atoms with Crippen LogP contribution in [0.2, 0.25) is 0 Å². The number of ether oxygens (including phenoxy) is 1. The fourth-order valence-electron chi connectivity index (χ4n) is 0.728. The molecule has 0 aliphatic rings. The lowest BCUT2D eigenvalue weighted by molar-refractivity contribution is 0.170. The van der Waals surface area contributed by atoms with Gasteiger partial charge in [-0.3, -0.25) is 0 Å². The van der Waals surface area contributed by atoms with Crippen LogP contribution in [0.1, 0.15) is 5.56 Å². The highest BCUT2D eigenvalue weighted by Crippen LogP contribution is 2.07. The number of nitrogen functional groups attached to an aromatic ring is 1. The summed E-state index contributed by atoms with van der Waals surface area (Å²) in [7, 11) is 0.